The maximum Gasteiger partial charge on any atom is 0.300 e. The van der Waals surface area contributed by atoms with Gasteiger partial charge < -0.3 is 32.4 Å². The molecule has 0 rings (SSSR count). The van der Waals surface area contributed by atoms with Crippen molar-refractivity contribution < 1.29 is 51.4 Å². The first kappa shape index (κ1) is 36.7. The van der Waals surface area contributed by atoms with Gasteiger partial charge in [0.05, 0.1) is 0 Å². The number of nitrogens with zero attached hydrogens (tertiary/aromatic N) is 1. The van der Waals surface area contributed by atoms with Crippen LogP contribution in [0.3, 0.4) is 0 Å². The van der Waals surface area contributed by atoms with Crippen molar-refractivity contribution in [2.45, 2.75) is 27.7 Å². The second kappa shape index (κ2) is 31.2. The summed E-state index contributed by atoms with van der Waals surface area (Å²) in [6.07, 6.45) is 0. The van der Waals surface area contributed by atoms with E-state index in [4.69, 9.17) is 40.6 Å². The molecule has 0 aromatic rings. The van der Waals surface area contributed by atoms with Gasteiger partial charge in [-0.1, -0.05) is 6.92 Å². The summed E-state index contributed by atoms with van der Waals surface area (Å²) in [6, 6.07) is 0. The van der Waals surface area contributed by atoms with Crippen LogP contribution in [-0.2, 0) is 30.9 Å². The Kier molecular flexibility index (Phi) is 54.6. The van der Waals surface area contributed by atoms with E-state index in [1.165, 1.54) is 5.06 Å². The minimum Gasteiger partial charge on any atom is -0.481 e. The van der Waals surface area contributed by atoms with Crippen molar-refractivity contribution in [2.24, 2.45) is 5.73 Å². The van der Waals surface area contributed by atoms with Crippen molar-refractivity contribution in [3.63, 3.8) is 0 Å². The van der Waals surface area contributed by atoms with Gasteiger partial charge in [0, 0.05) is 56.9 Å². The van der Waals surface area contributed by atoms with Gasteiger partial charge in [-0.3, -0.25) is 14.4 Å². The van der Waals surface area contributed by atoms with E-state index in [-0.39, 0.29) is 22.6 Å². The Morgan fingerprint density at radius 3 is 1.19 bits per heavy atom. The number of carboxylic acid groups (broad SMARTS) is 3. The molecular weight excluding hydrogens is 333 g/mol. The topological polar surface area (TPSA) is 196 Å². The average Bonchev–Trinajstić information content (AvgIpc) is 2.15. The fourth-order valence-corrected chi connectivity index (χ4v) is 0.307. The Morgan fingerprint density at radius 2 is 1.14 bits per heavy atom. The molecule has 134 valence electrons. The minimum atomic E-state index is -0.833. The normalized spacial score (nSPS) is 7.00. The number of carboxylic acids is 3. The molecule has 0 bridgehead atoms. The predicted molar refractivity (Wildman–Crippen MR) is 73.0 cm³/mol. The first-order valence-electron chi connectivity index (χ1n) is 5.23. The number of likely N-dealkylation sites (N-methyl/N-ethyl adjacent to an activating group) is 1. The van der Waals surface area contributed by atoms with Gasteiger partial charge in [0.1, 0.15) is 0 Å². The number of nitrogens with two attached hydrogens (primary N) is 1. The van der Waals surface area contributed by atoms with Gasteiger partial charge >= 0.3 is 0 Å². The summed E-state index contributed by atoms with van der Waals surface area (Å²) in [7, 11) is 0. The minimum absolute atomic E-state index is 0. The van der Waals surface area contributed by atoms with Crippen molar-refractivity contribution in [1.29, 1.82) is 0 Å². The summed E-state index contributed by atoms with van der Waals surface area (Å²) in [5.74, 6) is -2.50. The zero-order chi connectivity index (χ0) is 16.4. The van der Waals surface area contributed by atoms with E-state index >= 15 is 0 Å². The number of carbonyl (C=O) groups is 3. The maximum atomic E-state index is 9.00. The molecule has 9 N–H and O–H groups in total. The van der Waals surface area contributed by atoms with Crippen LogP contribution in [0.1, 0.15) is 27.7 Å². The number of hydrogen-bond donors (Lipinski definition) is 6. The second-order valence-corrected chi connectivity index (χ2v) is 2.89. The molecule has 0 spiro atoms. The van der Waals surface area contributed by atoms with Crippen molar-refractivity contribution in [3.8, 4) is 0 Å². The Bertz CT molecular complexity index is 202. The molecule has 0 aliphatic rings. The first-order valence-corrected chi connectivity index (χ1v) is 5.23. The molecule has 0 atom stereocenters. The largest absolute Gasteiger partial charge is 0.481 e. The Labute approximate surface area is 134 Å². The second-order valence-electron chi connectivity index (χ2n) is 2.89. The van der Waals surface area contributed by atoms with Crippen molar-refractivity contribution in [1.82, 2.24) is 11.2 Å². The SMILES string of the molecule is CC(=O)O.CC(=O)O.CC(=O)O.CCN(O)CCN.N.[Ni]. The van der Waals surface area contributed by atoms with Crippen molar-refractivity contribution >= 4 is 17.9 Å². The molecule has 0 aliphatic carbocycles. The van der Waals surface area contributed by atoms with Crippen LogP contribution in [0.2, 0.25) is 0 Å². The molecule has 0 aliphatic heterocycles. The number of aliphatic carboxylic acids is 3. The van der Waals surface area contributed by atoms with Crippen LogP contribution in [0.25, 0.3) is 0 Å². The molecule has 0 saturated heterocycles. The van der Waals surface area contributed by atoms with E-state index in [0.29, 0.717) is 19.6 Å². The zero-order valence-electron chi connectivity index (χ0n) is 12.7. The Hall–Kier alpha value is -1.26. The molecule has 0 amide bonds. The van der Waals surface area contributed by atoms with E-state index in [2.05, 4.69) is 0 Å². The number of rotatable bonds is 3. The van der Waals surface area contributed by atoms with Crippen molar-refractivity contribution in [2.75, 3.05) is 19.6 Å². The van der Waals surface area contributed by atoms with E-state index in [0.717, 1.165) is 20.8 Å². The third kappa shape index (κ3) is 375. The number of hydrogen-bond acceptors (Lipinski definition) is 7. The zero-order valence-corrected chi connectivity index (χ0v) is 13.7. The van der Waals surface area contributed by atoms with Gasteiger partial charge in [-0.25, -0.2) is 0 Å². The van der Waals surface area contributed by atoms with E-state index < -0.39 is 17.9 Å². The van der Waals surface area contributed by atoms with Crippen LogP contribution in [0, 0.1) is 0 Å². The standard InChI is InChI=1S/C4H12N2O.3C2H4O2.H3N.Ni/c1-2-6(7)4-3-5;3*1-2(3)4;;/h7H,2-5H2,1H3;3*1H3,(H,3,4);1H3;. The first-order chi connectivity index (χ1) is 8.50. The molecule has 0 fully saturated rings. The van der Waals surface area contributed by atoms with E-state index in [9.17, 15) is 0 Å². The monoisotopic (exact) mass is 359 g/mol. The summed E-state index contributed by atoms with van der Waals surface area (Å²) < 4.78 is 0. The van der Waals surface area contributed by atoms with Gasteiger partial charge in [0.25, 0.3) is 17.9 Å². The summed E-state index contributed by atoms with van der Waals surface area (Å²) in [5.41, 5.74) is 5.10. The van der Waals surface area contributed by atoms with Gasteiger partial charge in [-0.2, -0.15) is 5.06 Å². The average molecular weight is 360 g/mol. The molecule has 21 heavy (non-hydrogen) atoms. The van der Waals surface area contributed by atoms with Crippen LogP contribution in [0.5, 0.6) is 0 Å². The fraction of sp³-hybridized carbons (Fsp3) is 0.700. The third-order valence-corrected chi connectivity index (χ3v) is 0.752. The van der Waals surface area contributed by atoms with Crippen LogP contribution >= 0.6 is 0 Å². The summed E-state index contributed by atoms with van der Waals surface area (Å²) in [4.78, 5) is 27.0. The van der Waals surface area contributed by atoms with Gasteiger partial charge in [-0.15, -0.1) is 0 Å². The quantitative estimate of drug-likeness (QED) is 0.296. The van der Waals surface area contributed by atoms with Crippen molar-refractivity contribution in [3.05, 3.63) is 0 Å². The van der Waals surface area contributed by atoms with Gasteiger partial charge in [-0.05, 0) is 0 Å². The van der Waals surface area contributed by atoms with Crippen LogP contribution in [-0.4, -0.2) is 63.1 Å². The fourth-order valence-electron chi connectivity index (χ4n) is 0.307. The molecule has 0 radical (unpaired) electrons. The van der Waals surface area contributed by atoms with Crippen LogP contribution in [0.15, 0.2) is 0 Å². The molecular formula is C10H27N3NiO7. The third-order valence-electron chi connectivity index (χ3n) is 0.752. The molecule has 0 saturated carbocycles. The molecule has 0 aromatic heterocycles. The van der Waals surface area contributed by atoms with Crippen LogP contribution in [0.4, 0.5) is 0 Å². The molecule has 0 heterocycles. The Morgan fingerprint density at radius 1 is 0.952 bits per heavy atom. The molecule has 11 heteroatoms. The van der Waals surface area contributed by atoms with Gasteiger partial charge in [0.2, 0.25) is 0 Å². The molecule has 10 nitrogen and oxygen atoms in total. The smallest absolute Gasteiger partial charge is 0.300 e. The van der Waals surface area contributed by atoms with E-state index in [1.54, 1.807) is 0 Å². The summed E-state index contributed by atoms with van der Waals surface area (Å²) in [6.45, 7) is 6.85. The number of hydroxylamine groups is 2. The predicted octanol–water partition coefficient (Wildman–Crippen LogP) is 0.0884. The Balaban J connectivity index is -0.0000000359. The molecule has 0 unspecified atom stereocenters. The van der Waals surface area contributed by atoms with Crippen LogP contribution < -0.4 is 11.9 Å². The summed E-state index contributed by atoms with van der Waals surface area (Å²) >= 11 is 0. The summed E-state index contributed by atoms with van der Waals surface area (Å²) in [5, 5.41) is 32.0. The maximum absolute atomic E-state index is 9.00. The van der Waals surface area contributed by atoms with Gasteiger partial charge in [0.15, 0.2) is 0 Å². The molecule has 0 aromatic carbocycles. The van der Waals surface area contributed by atoms with E-state index in [1.807, 2.05) is 6.92 Å².